The van der Waals surface area contributed by atoms with Crippen LogP contribution in [0.25, 0.3) is 0 Å². The lowest BCUT2D eigenvalue weighted by Gasteiger charge is -2.30. The summed E-state index contributed by atoms with van der Waals surface area (Å²) in [6.07, 6.45) is 1.44. The highest BCUT2D eigenvalue weighted by Crippen LogP contribution is 2.26. The van der Waals surface area contributed by atoms with Gasteiger partial charge in [-0.3, -0.25) is 9.10 Å². The fourth-order valence-electron chi connectivity index (χ4n) is 3.19. The Morgan fingerprint density at radius 2 is 1.64 bits per heavy atom. The molecule has 0 aliphatic heterocycles. The molecule has 152 valence electrons. The van der Waals surface area contributed by atoms with Crippen LogP contribution in [0.5, 0.6) is 5.75 Å². The third-order valence-corrected chi connectivity index (χ3v) is 5.40. The quantitative estimate of drug-likeness (QED) is 0.724. The number of ether oxygens (including phenoxy) is 1. The predicted octanol–water partition coefficient (Wildman–Crippen LogP) is 3.89. The average Bonchev–Trinajstić information content (AvgIpc) is 2.58. The van der Waals surface area contributed by atoms with Crippen LogP contribution in [0.3, 0.4) is 0 Å². The van der Waals surface area contributed by atoms with Gasteiger partial charge >= 0.3 is 0 Å². The molecule has 2 aromatic rings. The molecule has 0 aliphatic rings. The molecule has 0 radical (unpaired) electrons. The van der Waals surface area contributed by atoms with Crippen LogP contribution in [0.4, 0.5) is 11.4 Å². The van der Waals surface area contributed by atoms with Gasteiger partial charge < -0.3 is 10.1 Å². The van der Waals surface area contributed by atoms with Crippen molar-refractivity contribution < 1.29 is 17.9 Å². The number of anilines is 2. The maximum absolute atomic E-state index is 13.0. The summed E-state index contributed by atoms with van der Waals surface area (Å²) in [7, 11) is -3.68. The zero-order valence-corrected chi connectivity index (χ0v) is 17.8. The predicted molar refractivity (Wildman–Crippen MR) is 114 cm³/mol. The van der Waals surface area contributed by atoms with E-state index in [1.165, 1.54) is 4.31 Å². The fourth-order valence-corrected chi connectivity index (χ4v) is 4.40. The second-order valence-electron chi connectivity index (χ2n) is 6.78. The molecule has 0 aromatic heterocycles. The standard InChI is InChI=1S/C21H28N2O4S/c1-6-20(21(24)22-17-13-15(3)12-16(4)14-17)23(28(5,25)26)18-8-10-19(11-9-18)27-7-2/h8-14,20H,6-7H2,1-5H3,(H,22,24). The Kier molecular flexibility index (Phi) is 7.07. The first-order valence-corrected chi connectivity index (χ1v) is 11.1. The molecule has 0 saturated heterocycles. The van der Waals surface area contributed by atoms with Crippen LogP contribution in [0.15, 0.2) is 42.5 Å². The van der Waals surface area contributed by atoms with Crippen LogP contribution in [-0.2, 0) is 14.8 Å². The lowest BCUT2D eigenvalue weighted by atomic mass is 10.1. The third-order valence-electron chi connectivity index (χ3n) is 4.22. The molecular formula is C21H28N2O4S. The number of nitrogens with one attached hydrogen (secondary N) is 1. The minimum atomic E-state index is -3.68. The van der Waals surface area contributed by atoms with Gasteiger partial charge in [-0.05, 0) is 74.7 Å². The summed E-state index contributed by atoms with van der Waals surface area (Å²) in [5.74, 6) is 0.277. The summed E-state index contributed by atoms with van der Waals surface area (Å²) in [5.41, 5.74) is 3.12. The molecule has 0 aliphatic carbocycles. The average molecular weight is 405 g/mol. The second-order valence-corrected chi connectivity index (χ2v) is 8.63. The zero-order chi connectivity index (χ0) is 20.9. The highest BCUT2D eigenvalue weighted by Gasteiger charge is 2.31. The smallest absolute Gasteiger partial charge is 0.248 e. The molecule has 2 rings (SSSR count). The molecule has 1 unspecified atom stereocenters. The molecule has 2 aromatic carbocycles. The number of hydrogen-bond acceptors (Lipinski definition) is 4. The topological polar surface area (TPSA) is 75.7 Å². The summed E-state index contributed by atoms with van der Waals surface area (Å²) in [4.78, 5) is 13.0. The van der Waals surface area contributed by atoms with Crippen molar-refractivity contribution in [3.63, 3.8) is 0 Å². The Bertz CT molecular complexity index is 904. The lowest BCUT2D eigenvalue weighted by Crippen LogP contribution is -2.47. The van der Waals surface area contributed by atoms with E-state index in [4.69, 9.17) is 4.74 Å². The molecule has 0 spiro atoms. The van der Waals surface area contributed by atoms with E-state index >= 15 is 0 Å². The van der Waals surface area contributed by atoms with Crippen LogP contribution in [0.1, 0.15) is 31.4 Å². The molecule has 6 nitrogen and oxygen atoms in total. The van der Waals surface area contributed by atoms with Crippen LogP contribution < -0.4 is 14.4 Å². The van der Waals surface area contributed by atoms with E-state index < -0.39 is 16.1 Å². The lowest BCUT2D eigenvalue weighted by molar-refractivity contribution is -0.117. The number of carbonyl (C=O) groups excluding carboxylic acids is 1. The Balaban J connectivity index is 2.35. The monoisotopic (exact) mass is 404 g/mol. The van der Waals surface area contributed by atoms with Gasteiger partial charge in [0.1, 0.15) is 11.8 Å². The minimum Gasteiger partial charge on any atom is -0.494 e. The summed E-state index contributed by atoms with van der Waals surface area (Å²) in [6, 6.07) is 11.6. The second kappa shape index (κ2) is 9.10. The van der Waals surface area contributed by atoms with Gasteiger partial charge in [0.25, 0.3) is 0 Å². The summed E-state index contributed by atoms with van der Waals surface area (Å²) in [5, 5.41) is 2.86. The maximum atomic E-state index is 13.0. The van der Waals surface area contributed by atoms with E-state index in [0.29, 0.717) is 30.2 Å². The molecule has 0 heterocycles. The first kappa shape index (κ1) is 21.8. The number of nitrogens with zero attached hydrogens (tertiary/aromatic N) is 1. The van der Waals surface area contributed by atoms with E-state index in [1.54, 1.807) is 31.2 Å². The van der Waals surface area contributed by atoms with Gasteiger partial charge in [0.15, 0.2) is 0 Å². The van der Waals surface area contributed by atoms with Crippen LogP contribution in [0.2, 0.25) is 0 Å². The van der Waals surface area contributed by atoms with Crippen molar-refractivity contribution in [2.24, 2.45) is 0 Å². The molecule has 1 atom stereocenters. The number of carbonyl (C=O) groups is 1. The number of amides is 1. The van der Waals surface area contributed by atoms with E-state index in [2.05, 4.69) is 5.32 Å². The van der Waals surface area contributed by atoms with Crippen molar-refractivity contribution in [3.8, 4) is 5.75 Å². The first-order valence-electron chi connectivity index (χ1n) is 9.27. The molecule has 7 heteroatoms. The van der Waals surface area contributed by atoms with Gasteiger partial charge in [0.05, 0.1) is 18.6 Å². The number of aryl methyl sites for hydroxylation is 2. The summed E-state index contributed by atoms with van der Waals surface area (Å²) >= 11 is 0. The van der Waals surface area contributed by atoms with Crippen LogP contribution in [0, 0.1) is 13.8 Å². The van der Waals surface area contributed by atoms with Gasteiger partial charge in [0, 0.05) is 5.69 Å². The van der Waals surface area contributed by atoms with E-state index in [0.717, 1.165) is 17.4 Å². The van der Waals surface area contributed by atoms with Gasteiger partial charge in [-0.1, -0.05) is 13.0 Å². The maximum Gasteiger partial charge on any atom is 0.248 e. The highest BCUT2D eigenvalue weighted by atomic mass is 32.2. The van der Waals surface area contributed by atoms with Crippen molar-refractivity contribution >= 4 is 27.3 Å². The van der Waals surface area contributed by atoms with Gasteiger partial charge in [0.2, 0.25) is 15.9 Å². The molecule has 0 bridgehead atoms. The number of hydrogen-bond donors (Lipinski definition) is 1. The van der Waals surface area contributed by atoms with E-state index in [9.17, 15) is 13.2 Å². The number of benzene rings is 2. The number of rotatable bonds is 8. The van der Waals surface area contributed by atoms with Crippen molar-refractivity contribution in [1.82, 2.24) is 0 Å². The largest absolute Gasteiger partial charge is 0.494 e. The van der Waals surface area contributed by atoms with Crippen LogP contribution in [-0.4, -0.2) is 33.2 Å². The van der Waals surface area contributed by atoms with Crippen molar-refractivity contribution in [3.05, 3.63) is 53.6 Å². The Hall–Kier alpha value is -2.54. The number of sulfonamides is 1. The van der Waals surface area contributed by atoms with Crippen molar-refractivity contribution in [2.75, 3.05) is 22.5 Å². The van der Waals surface area contributed by atoms with Crippen LogP contribution >= 0.6 is 0 Å². The Morgan fingerprint density at radius 3 is 2.11 bits per heavy atom. The fraction of sp³-hybridized carbons (Fsp3) is 0.381. The van der Waals surface area contributed by atoms with E-state index in [-0.39, 0.29) is 5.91 Å². The van der Waals surface area contributed by atoms with Gasteiger partial charge in [-0.2, -0.15) is 0 Å². The highest BCUT2D eigenvalue weighted by molar-refractivity contribution is 7.92. The molecule has 1 N–H and O–H groups in total. The SMILES string of the molecule is CCOc1ccc(N(C(CC)C(=O)Nc2cc(C)cc(C)c2)S(C)(=O)=O)cc1. The Morgan fingerprint density at radius 1 is 1.07 bits per heavy atom. The summed E-state index contributed by atoms with van der Waals surface area (Å²) in [6.45, 7) is 8.08. The van der Waals surface area contributed by atoms with Crippen molar-refractivity contribution in [1.29, 1.82) is 0 Å². The molecule has 0 saturated carbocycles. The molecule has 1 amide bonds. The molecule has 28 heavy (non-hydrogen) atoms. The minimum absolute atomic E-state index is 0.330. The first-order chi connectivity index (χ1) is 13.2. The molecule has 0 fully saturated rings. The third kappa shape index (κ3) is 5.48. The van der Waals surface area contributed by atoms with E-state index in [1.807, 2.05) is 39.0 Å². The summed E-state index contributed by atoms with van der Waals surface area (Å²) < 4.78 is 31.6. The zero-order valence-electron chi connectivity index (χ0n) is 17.0. The Labute approximate surface area is 167 Å². The van der Waals surface area contributed by atoms with Crippen molar-refractivity contribution in [2.45, 2.75) is 40.2 Å². The molecular weight excluding hydrogens is 376 g/mol. The van der Waals surface area contributed by atoms with Gasteiger partial charge in [-0.25, -0.2) is 8.42 Å². The van der Waals surface area contributed by atoms with Gasteiger partial charge in [-0.15, -0.1) is 0 Å². The normalized spacial score (nSPS) is 12.3.